The minimum Gasteiger partial charge on any atom is -0.448 e. The number of fused-ring (bicyclic) bond motifs is 3. The van der Waals surface area contributed by atoms with Crippen LogP contribution in [0, 0.1) is 11.8 Å². The molecule has 0 saturated carbocycles. The molecule has 0 spiro atoms. The van der Waals surface area contributed by atoms with Crippen molar-refractivity contribution in [2.24, 2.45) is 11.8 Å². The summed E-state index contributed by atoms with van der Waals surface area (Å²) in [5, 5.41) is 2.84. The van der Waals surface area contributed by atoms with Crippen LogP contribution in [0.25, 0.3) is 0 Å². The lowest BCUT2D eigenvalue weighted by Gasteiger charge is -2.49. The van der Waals surface area contributed by atoms with Gasteiger partial charge in [-0.25, -0.2) is 4.79 Å². The molecule has 3 saturated heterocycles. The molecule has 0 aromatic heterocycles. The Morgan fingerprint density at radius 2 is 2.00 bits per heavy atom. The van der Waals surface area contributed by atoms with Crippen LogP contribution in [0.5, 0.6) is 0 Å². The number of nitrogens with one attached hydrogen (secondary N) is 1. The van der Waals surface area contributed by atoms with Crippen molar-refractivity contribution in [1.82, 2.24) is 4.90 Å². The lowest BCUT2D eigenvalue weighted by Crippen LogP contribution is -2.54. The maximum absolute atomic E-state index is 12.1. The largest absolute Gasteiger partial charge is 0.448 e. The van der Waals surface area contributed by atoms with Crippen LogP contribution in [0.1, 0.15) is 52.5 Å². The number of benzene rings is 1. The van der Waals surface area contributed by atoms with E-state index in [4.69, 9.17) is 4.74 Å². The fourth-order valence-corrected chi connectivity index (χ4v) is 4.26. The monoisotopic (exact) mass is 344 g/mol. The lowest BCUT2D eigenvalue weighted by atomic mass is 9.75. The predicted octanol–water partition coefficient (Wildman–Crippen LogP) is 4.65. The molecule has 3 aliphatic heterocycles. The summed E-state index contributed by atoms with van der Waals surface area (Å²) in [7, 11) is 0. The summed E-state index contributed by atoms with van der Waals surface area (Å²) in [4.78, 5) is 14.6. The molecule has 3 aliphatic rings. The molecular weight excluding hydrogens is 312 g/mol. The van der Waals surface area contributed by atoms with Crippen LogP contribution in [-0.4, -0.2) is 36.7 Å². The third kappa shape index (κ3) is 4.35. The van der Waals surface area contributed by atoms with E-state index in [0.717, 1.165) is 24.1 Å². The van der Waals surface area contributed by atoms with Gasteiger partial charge in [0.2, 0.25) is 0 Å². The Bertz CT molecular complexity index is 591. The number of ether oxygens (including phenoxy) is 1. The van der Waals surface area contributed by atoms with Crippen LogP contribution in [0.4, 0.5) is 10.5 Å². The van der Waals surface area contributed by atoms with Crippen molar-refractivity contribution in [2.75, 3.05) is 25.0 Å². The zero-order valence-corrected chi connectivity index (χ0v) is 16.0. The molecule has 1 aromatic carbocycles. The molecule has 1 aromatic rings. The van der Waals surface area contributed by atoms with Crippen molar-refractivity contribution in [3.05, 3.63) is 29.8 Å². The molecule has 4 nitrogen and oxygen atoms in total. The zero-order valence-electron chi connectivity index (χ0n) is 16.0. The molecule has 0 radical (unpaired) electrons. The molecule has 25 heavy (non-hydrogen) atoms. The molecule has 1 amide bonds. The number of hydrogen-bond donors (Lipinski definition) is 1. The highest BCUT2D eigenvalue weighted by Crippen LogP contribution is 2.37. The van der Waals surface area contributed by atoms with E-state index in [1.807, 2.05) is 12.1 Å². The van der Waals surface area contributed by atoms with Crippen LogP contribution < -0.4 is 5.32 Å². The van der Waals surface area contributed by atoms with E-state index >= 15 is 0 Å². The minimum absolute atomic E-state index is 0.115. The van der Waals surface area contributed by atoms with Crippen molar-refractivity contribution in [1.29, 1.82) is 0 Å². The molecule has 4 atom stereocenters. The predicted molar refractivity (Wildman–Crippen MR) is 102 cm³/mol. The van der Waals surface area contributed by atoms with E-state index in [-0.39, 0.29) is 11.5 Å². The zero-order chi connectivity index (χ0) is 18.0. The first-order valence-electron chi connectivity index (χ1n) is 9.65. The SMILES string of the molecule is CCC1CN2CCC1CC2COC(=O)Nc1ccc(C(C)(C)C)cc1. The summed E-state index contributed by atoms with van der Waals surface area (Å²) in [5.41, 5.74) is 2.15. The topological polar surface area (TPSA) is 41.6 Å². The van der Waals surface area contributed by atoms with Gasteiger partial charge in [0.15, 0.2) is 0 Å². The lowest BCUT2D eigenvalue weighted by molar-refractivity contribution is -0.0240. The Hall–Kier alpha value is -1.55. The highest BCUT2D eigenvalue weighted by molar-refractivity contribution is 5.84. The molecule has 3 fully saturated rings. The van der Waals surface area contributed by atoms with Gasteiger partial charge in [0.1, 0.15) is 6.61 Å². The number of rotatable bonds is 4. The summed E-state index contributed by atoms with van der Waals surface area (Å²) < 4.78 is 5.51. The number of nitrogens with zero attached hydrogens (tertiary/aromatic N) is 1. The Labute approximate surface area is 151 Å². The Kier molecular flexibility index (Phi) is 5.38. The van der Waals surface area contributed by atoms with Gasteiger partial charge in [-0.15, -0.1) is 0 Å². The Balaban J connectivity index is 1.47. The van der Waals surface area contributed by atoms with Gasteiger partial charge in [0.25, 0.3) is 0 Å². The molecule has 4 heteroatoms. The number of hydrogen-bond acceptors (Lipinski definition) is 3. The molecule has 4 unspecified atom stereocenters. The van der Waals surface area contributed by atoms with Gasteiger partial charge in [0.05, 0.1) is 0 Å². The summed E-state index contributed by atoms with van der Waals surface area (Å²) in [6, 6.07) is 8.41. The molecule has 138 valence electrons. The fraction of sp³-hybridized carbons (Fsp3) is 0.667. The van der Waals surface area contributed by atoms with Crippen molar-refractivity contribution in [3.8, 4) is 0 Å². The summed E-state index contributed by atoms with van der Waals surface area (Å²) in [5.74, 6) is 1.65. The Morgan fingerprint density at radius 3 is 2.56 bits per heavy atom. The van der Waals surface area contributed by atoms with Crippen molar-refractivity contribution < 1.29 is 9.53 Å². The van der Waals surface area contributed by atoms with Crippen LogP contribution >= 0.6 is 0 Å². The maximum atomic E-state index is 12.1. The third-order valence-corrected chi connectivity index (χ3v) is 5.94. The van der Waals surface area contributed by atoms with E-state index in [1.54, 1.807) is 0 Å². The van der Waals surface area contributed by atoms with Gasteiger partial charge in [-0.2, -0.15) is 0 Å². The molecule has 0 aliphatic carbocycles. The van der Waals surface area contributed by atoms with E-state index < -0.39 is 0 Å². The average molecular weight is 344 g/mol. The van der Waals surface area contributed by atoms with E-state index in [9.17, 15) is 4.79 Å². The maximum Gasteiger partial charge on any atom is 0.411 e. The smallest absolute Gasteiger partial charge is 0.411 e. The van der Waals surface area contributed by atoms with Gasteiger partial charge in [-0.3, -0.25) is 10.2 Å². The minimum atomic E-state index is -0.349. The fourth-order valence-electron chi connectivity index (χ4n) is 4.26. The molecule has 1 N–H and O–H groups in total. The highest BCUT2D eigenvalue weighted by Gasteiger charge is 2.39. The molecule has 4 rings (SSSR count). The van der Waals surface area contributed by atoms with Gasteiger partial charge in [0, 0.05) is 18.3 Å². The second-order valence-electron chi connectivity index (χ2n) is 8.65. The van der Waals surface area contributed by atoms with E-state index in [1.165, 1.54) is 31.4 Å². The first-order chi connectivity index (χ1) is 11.9. The first kappa shape index (κ1) is 18.2. The normalized spacial score (nSPS) is 28.6. The van der Waals surface area contributed by atoms with Gasteiger partial charge >= 0.3 is 6.09 Å². The number of anilines is 1. The van der Waals surface area contributed by atoms with Gasteiger partial charge in [-0.05, 0) is 54.3 Å². The second-order valence-corrected chi connectivity index (χ2v) is 8.65. The van der Waals surface area contributed by atoms with Crippen molar-refractivity contribution in [3.63, 3.8) is 0 Å². The summed E-state index contributed by atoms with van der Waals surface area (Å²) in [6.07, 6.45) is 3.39. The highest BCUT2D eigenvalue weighted by atomic mass is 16.5. The van der Waals surface area contributed by atoms with E-state index in [2.05, 4.69) is 50.0 Å². The number of piperidine rings is 3. The quantitative estimate of drug-likeness (QED) is 0.864. The number of amides is 1. The van der Waals surface area contributed by atoms with Crippen molar-refractivity contribution >= 4 is 11.8 Å². The number of carbonyl (C=O) groups excluding carboxylic acids is 1. The number of carbonyl (C=O) groups is 1. The van der Waals surface area contributed by atoms with Crippen LogP contribution in [-0.2, 0) is 10.2 Å². The standard InChI is InChI=1S/C21H32N2O2/c1-5-15-13-23-11-10-16(15)12-19(23)14-25-20(24)22-18-8-6-17(7-9-18)21(2,3)4/h6-9,15-16,19H,5,10-14H2,1-4H3,(H,22,24). The molecular formula is C21H32N2O2. The van der Waals surface area contributed by atoms with Crippen molar-refractivity contribution in [2.45, 2.75) is 58.4 Å². The first-order valence-corrected chi connectivity index (χ1v) is 9.65. The molecule has 2 bridgehead atoms. The summed E-state index contributed by atoms with van der Waals surface area (Å²) in [6.45, 7) is 11.7. The van der Waals surface area contributed by atoms with Crippen LogP contribution in [0.2, 0.25) is 0 Å². The van der Waals surface area contributed by atoms with Crippen LogP contribution in [0.15, 0.2) is 24.3 Å². The summed E-state index contributed by atoms with van der Waals surface area (Å²) >= 11 is 0. The molecule has 3 heterocycles. The third-order valence-electron chi connectivity index (χ3n) is 5.94. The Morgan fingerprint density at radius 1 is 1.28 bits per heavy atom. The van der Waals surface area contributed by atoms with Gasteiger partial charge in [-0.1, -0.05) is 46.2 Å². The second kappa shape index (κ2) is 7.36. The average Bonchev–Trinajstić information content (AvgIpc) is 2.60. The van der Waals surface area contributed by atoms with Gasteiger partial charge < -0.3 is 4.74 Å². The van der Waals surface area contributed by atoms with Crippen LogP contribution in [0.3, 0.4) is 0 Å². The van der Waals surface area contributed by atoms with E-state index in [0.29, 0.717) is 12.6 Å².